The molecular formula is C13H18FNO. The SMILES string of the molecule is CCc1cc(F)c(O)c(C2(CN)CCC2)c1. The molecule has 0 unspecified atom stereocenters. The van der Waals surface area contributed by atoms with E-state index in [9.17, 15) is 9.50 Å². The van der Waals surface area contributed by atoms with E-state index in [2.05, 4.69) is 0 Å². The highest BCUT2D eigenvalue weighted by Crippen LogP contribution is 2.47. The molecule has 2 nitrogen and oxygen atoms in total. The third kappa shape index (κ3) is 1.59. The summed E-state index contributed by atoms with van der Waals surface area (Å²) >= 11 is 0. The second kappa shape index (κ2) is 4.06. The third-order valence-electron chi connectivity index (χ3n) is 3.80. The first-order valence-electron chi connectivity index (χ1n) is 5.85. The second-order valence-electron chi connectivity index (χ2n) is 4.67. The van der Waals surface area contributed by atoms with Crippen molar-refractivity contribution in [3.8, 4) is 5.75 Å². The number of aryl methyl sites for hydroxylation is 1. The lowest BCUT2D eigenvalue weighted by Gasteiger charge is -2.42. The zero-order chi connectivity index (χ0) is 11.8. The lowest BCUT2D eigenvalue weighted by Crippen LogP contribution is -2.41. The van der Waals surface area contributed by atoms with Gasteiger partial charge in [0.1, 0.15) is 0 Å². The first-order valence-corrected chi connectivity index (χ1v) is 5.85. The van der Waals surface area contributed by atoms with Gasteiger partial charge in [-0.2, -0.15) is 0 Å². The summed E-state index contributed by atoms with van der Waals surface area (Å²) in [6, 6.07) is 3.31. The predicted octanol–water partition coefficient (Wildman–Crippen LogP) is 2.47. The molecule has 1 saturated carbocycles. The molecule has 1 aliphatic carbocycles. The summed E-state index contributed by atoms with van der Waals surface area (Å²) in [7, 11) is 0. The number of hydrogen-bond donors (Lipinski definition) is 2. The van der Waals surface area contributed by atoms with Gasteiger partial charge in [-0.1, -0.05) is 19.4 Å². The Morgan fingerprint density at radius 3 is 2.56 bits per heavy atom. The van der Waals surface area contributed by atoms with Crippen LogP contribution < -0.4 is 5.73 Å². The molecule has 0 radical (unpaired) electrons. The molecule has 3 N–H and O–H groups in total. The maximum Gasteiger partial charge on any atom is 0.165 e. The van der Waals surface area contributed by atoms with Crippen LogP contribution in [0.1, 0.15) is 37.3 Å². The minimum atomic E-state index is -0.519. The average Bonchev–Trinajstić information content (AvgIpc) is 2.23. The Morgan fingerprint density at radius 1 is 1.44 bits per heavy atom. The Bertz CT molecular complexity index is 394. The molecule has 16 heavy (non-hydrogen) atoms. The van der Waals surface area contributed by atoms with Crippen molar-refractivity contribution in [3.05, 3.63) is 29.1 Å². The van der Waals surface area contributed by atoms with Gasteiger partial charge in [0.2, 0.25) is 0 Å². The molecular weight excluding hydrogens is 205 g/mol. The second-order valence-corrected chi connectivity index (χ2v) is 4.67. The van der Waals surface area contributed by atoms with Gasteiger partial charge in [0, 0.05) is 17.5 Å². The normalized spacial score (nSPS) is 18.2. The van der Waals surface area contributed by atoms with Crippen molar-refractivity contribution in [2.24, 2.45) is 5.73 Å². The van der Waals surface area contributed by atoms with E-state index in [4.69, 9.17) is 5.73 Å². The van der Waals surface area contributed by atoms with Crippen molar-refractivity contribution < 1.29 is 9.50 Å². The van der Waals surface area contributed by atoms with Crippen molar-refractivity contribution >= 4 is 0 Å². The smallest absolute Gasteiger partial charge is 0.165 e. The number of nitrogens with two attached hydrogens (primary N) is 1. The average molecular weight is 223 g/mol. The van der Waals surface area contributed by atoms with Crippen LogP contribution in [0.3, 0.4) is 0 Å². The summed E-state index contributed by atoms with van der Waals surface area (Å²) in [6.45, 7) is 2.46. The Morgan fingerprint density at radius 2 is 2.12 bits per heavy atom. The van der Waals surface area contributed by atoms with Gasteiger partial charge in [0.05, 0.1) is 0 Å². The number of aromatic hydroxyl groups is 1. The van der Waals surface area contributed by atoms with Crippen molar-refractivity contribution in [2.75, 3.05) is 6.54 Å². The van der Waals surface area contributed by atoms with Crippen LogP contribution in [0.25, 0.3) is 0 Å². The van der Waals surface area contributed by atoms with Crippen molar-refractivity contribution in [1.82, 2.24) is 0 Å². The maximum atomic E-state index is 13.6. The quantitative estimate of drug-likeness (QED) is 0.827. The molecule has 0 bridgehead atoms. The standard InChI is InChI=1S/C13H18FNO/c1-2-9-6-10(12(16)11(14)7-9)13(8-15)4-3-5-13/h6-7,16H,2-5,8,15H2,1H3. The Balaban J connectivity index is 2.50. The van der Waals surface area contributed by atoms with Gasteiger partial charge in [-0.3, -0.25) is 0 Å². The number of rotatable bonds is 3. The van der Waals surface area contributed by atoms with Crippen molar-refractivity contribution in [1.29, 1.82) is 0 Å². The summed E-state index contributed by atoms with van der Waals surface area (Å²) in [6.07, 6.45) is 3.77. The van der Waals surface area contributed by atoms with Crippen LogP contribution in [0, 0.1) is 5.82 Å². The topological polar surface area (TPSA) is 46.2 Å². The molecule has 0 amide bonds. The molecule has 1 aliphatic rings. The van der Waals surface area contributed by atoms with Gasteiger partial charge in [-0.05, 0) is 30.9 Å². The molecule has 0 aliphatic heterocycles. The van der Waals surface area contributed by atoms with Crippen LogP contribution in [0.5, 0.6) is 5.75 Å². The monoisotopic (exact) mass is 223 g/mol. The third-order valence-corrected chi connectivity index (χ3v) is 3.80. The van der Waals surface area contributed by atoms with E-state index in [1.807, 2.05) is 13.0 Å². The fraction of sp³-hybridized carbons (Fsp3) is 0.538. The van der Waals surface area contributed by atoms with Gasteiger partial charge in [-0.15, -0.1) is 0 Å². The molecule has 0 saturated heterocycles. The number of phenols is 1. The van der Waals surface area contributed by atoms with Crippen LogP contribution in [0.4, 0.5) is 4.39 Å². The zero-order valence-corrected chi connectivity index (χ0v) is 9.59. The van der Waals surface area contributed by atoms with Gasteiger partial charge >= 0.3 is 0 Å². The lowest BCUT2D eigenvalue weighted by atomic mass is 9.64. The fourth-order valence-electron chi connectivity index (χ4n) is 2.45. The molecule has 0 atom stereocenters. The maximum absolute atomic E-state index is 13.6. The number of halogens is 1. The highest BCUT2D eigenvalue weighted by atomic mass is 19.1. The molecule has 1 aromatic carbocycles. The van der Waals surface area contributed by atoms with Crippen LogP contribution >= 0.6 is 0 Å². The van der Waals surface area contributed by atoms with Crippen molar-refractivity contribution in [3.63, 3.8) is 0 Å². The van der Waals surface area contributed by atoms with Gasteiger partial charge in [0.15, 0.2) is 11.6 Å². The molecule has 3 heteroatoms. The molecule has 88 valence electrons. The molecule has 0 aromatic heterocycles. The number of phenolic OH excluding ortho intramolecular Hbond substituents is 1. The van der Waals surface area contributed by atoms with E-state index in [1.54, 1.807) is 0 Å². The van der Waals surface area contributed by atoms with Gasteiger partial charge in [-0.25, -0.2) is 4.39 Å². The summed E-state index contributed by atoms with van der Waals surface area (Å²) in [5.74, 6) is -0.726. The number of hydrogen-bond acceptors (Lipinski definition) is 2. The Hall–Kier alpha value is -1.09. The molecule has 1 aromatic rings. The Kier molecular flexibility index (Phi) is 2.89. The lowest BCUT2D eigenvalue weighted by molar-refractivity contribution is 0.242. The summed E-state index contributed by atoms with van der Waals surface area (Å²) in [5.41, 5.74) is 7.22. The van der Waals surface area contributed by atoms with Gasteiger partial charge in [0.25, 0.3) is 0 Å². The molecule has 0 spiro atoms. The first-order chi connectivity index (χ1) is 7.63. The van der Waals surface area contributed by atoms with Crippen LogP contribution in [-0.4, -0.2) is 11.7 Å². The minimum absolute atomic E-state index is 0.184. The zero-order valence-electron chi connectivity index (χ0n) is 9.59. The molecule has 2 rings (SSSR count). The highest BCUT2D eigenvalue weighted by molar-refractivity contribution is 5.44. The van der Waals surface area contributed by atoms with E-state index in [0.717, 1.165) is 31.2 Å². The fourth-order valence-corrected chi connectivity index (χ4v) is 2.45. The first kappa shape index (κ1) is 11.4. The van der Waals surface area contributed by atoms with E-state index in [-0.39, 0.29) is 11.2 Å². The van der Waals surface area contributed by atoms with E-state index < -0.39 is 5.82 Å². The van der Waals surface area contributed by atoms with Crippen LogP contribution in [0.15, 0.2) is 12.1 Å². The van der Waals surface area contributed by atoms with Crippen molar-refractivity contribution in [2.45, 2.75) is 38.0 Å². The highest BCUT2D eigenvalue weighted by Gasteiger charge is 2.40. The summed E-state index contributed by atoms with van der Waals surface area (Å²) < 4.78 is 13.6. The molecule has 0 heterocycles. The molecule has 1 fully saturated rings. The van der Waals surface area contributed by atoms with Gasteiger partial charge < -0.3 is 10.8 Å². The van der Waals surface area contributed by atoms with Crippen LogP contribution in [-0.2, 0) is 11.8 Å². The number of benzene rings is 1. The predicted molar refractivity (Wildman–Crippen MR) is 62.0 cm³/mol. The van der Waals surface area contributed by atoms with E-state index >= 15 is 0 Å². The van der Waals surface area contributed by atoms with E-state index in [0.29, 0.717) is 12.1 Å². The van der Waals surface area contributed by atoms with E-state index in [1.165, 1.54) is 6.07 Å². The van der Waals surface area contributed by atoms with Crippen LogP contribution in [0.2, 0.25) is 0 Å². The minimum Gasteiger partial charge on any atom is -0.505 e. The summed E-state index contributed by atoms with van der Waals surface area (Å²) in [5, 5.41) is 9.82. The largest absolute Gasteiger partial charge is 0.505 e. The summed E-state index contributed by atoms with van der Waals surface area (Å²) in [4.78, 5) is 0. The Labute approximate surface area is 95.3 Å².